The number of amides is 2. The highest BCUT2D eigenvalue weighted by atomic mass is 16.5. The number of hydrogen-bond acceptors (Lipinski definition) is 5. The van der Waals surface area contributed by atoms with E-state index in [4.69, 9.17) is 4.74 Å². The van der Waals surface area contributed by atoms with Gasteiger partial charge in [0.25, 0.3) is 5.91 Å². The van der Waals surface area contributed by atoms with Crippen molar-refractivity contribution in [3.8, 4) is 5.75 Å². The first kappa shape index (κ1) is 23.6. The summed E-state index contributed by atoms with van der Waals surface area (Å²) in [4.78, 5) is 28.0. The molecule has 0 radical (unpaired) electrons. The van der Waals surface area contributed by atoms with Crippen molar-refractivity contribution in [2.75, 3.05) is 25.0 Å². The standard InChI is InChI=1S/C27H35N5O3/c33-26(30-25-15-16-28-32(25)21-10-3-4-11-21)18-31-17-7-12-22-23(31)13-5-1-8-20-9-2-6-14-24(20)35-19-27(34)29-22/h1-2,5-6,9,14-16,21-23H,3-4,7-8,10-13,17-19H2,(H,29,34)(H,30,33)/b5-1+/t22-,23-/m1/s1. The van der Waals surface area contributed by atoms with Crippen LogP contribution in [0.3, 0.4) is 0 Å². The predicted octanol–water partition coefficient (Wildman–Crippen LogP) is 3.47. The molecule has 0 bridgehead atoms. The zero-order chi connectivity index (χ0) is 24.0. The molecule has 3 heterocycles. The molecule has 1 saturated carbocycles. The van der Waals surface area contributed by atoms with E-state index in [-0.39, 0.29) is 30.5 Å². The number of piperidine rings is 1. The van der Waals surface area contributed by atoms with Gasteiger partial charge in [0, 0.05) is 18.2 Å². The number of fused-ring (bicyclic) bond motifs is 2. The third-order valence-corrected chi connectivity index (χ3v) is 7.41. The molecule has 35 heavy (non-hydrogen) atoms. The van der Waals surface area contributed by atoms with Gasteiger partial charge < -0.3 is 15.4 Å². The molecule has 2 aromatic rings. The SMILES string of the molecule is O=C(CN1CCC[C@H]2NC(=O)COc3ccccc3C/C=C/C[C@H]21)Nc1ccnn1C1CCCC1. The second-order valence-electron chi connectivity index (χ2n) is 9.81. The van der Waals surface area contributed by atoms with Gasteiger partial charge in [0.2, 0.25) is 5.91 Å². The number of para-hydroxylation sites is 1. The van der Waals surface area contributed by atoms with Gasteiger partial charge in [0.15, 0.2) is 6.61 Å². The molecule has 0 unspecified atom stereocenters. The maximum Gasteiger partial charge on any atom is 0.258 e. The highest BCUT2D eigenvalue weighted by Crippen LogP contribution is 2.31. The number of aromatic nitrogens is 2. The minimum absolute atomic E-state index is 0.00438. The van der Waals surface area contributed by atoms with E-state index in [0.717, 1.165) is 62.2 Å². The van der Waals surface area contributed by atoms with Gasteiger partial charge in [-0.25, -0.2) is 4.68 Å². The molecule has 1 saturated heterocycles. The summed E-state index contributed by atoms with van der Waals surface area (Å²) in [6.07, 6.45) is 14.1. The first-order chi connectivity index (χ1) is 17.2. The molecule has 3 aliphatic rings. The third kappa shape index (κ3) is 5.75. The third-order valence-electron chi connectivity index (χ3n) is 7.41. The van der Waals surface area contributed by atoms with Crippen molar-refractivity contribution < 1.29 is 14.3 Å². The van der Waals surface area contributed by atoms with Crippen molar-refractivity contribution in [1.82, 2.24) is 20.0 Å². The van der Waals surface area contributed by atoms with E-state index in [2.05, 4.69) is 32.8 Å². The van der Waals surface area contributed by atoms with Crippen molar-refractivity contribution in [1.29, 1.82) is 0 Å². The summed E-state index contributed by atoms with van der Waals surface area (Å²) in [5, 5.41) is 10.7. The fourth-order valence-corrected chi connectivity index (χ4v) is 5.68. The van der Waals surface area contributed by atoms with Crippen LogP contribution >= 0.6 is 0 Å². The number of rotatable bonds is 4. The minimum atomic E-state index is -0.119. The lowest BCUT2D eigenvalue weighted by atomic mass is 9.92. The summed E-state index contributed by atoms with van der Waals surface area (Å²) in [7, 11) is 0. The molecule has 1 aromatic heterocycles. The molecular weight excluding hydrogens is 442 g/mol. The summed E-state index contributed by atoms with van der Waals surface area (Å²) >= 11 is 0. The van der Waals surface area contributed by atoms with Crippen LogP contribution in [0.5, 0.6) is 5.75 Å². The Bertz CT molecular complexity index is 1060. The van der Waals surface area contributed by atoms with Gasteiger partial charge in [-0.1, -0.05) is 43.2 Å². The summed E-state index contributed by atoms with van der Waals surface area (Å²) in [6, 6.07) is 10.1. The average Bonchev–Trinajstić information content (AvgIpc) is 3.53. The smallest absolute Gasteiger partial charge is 0.258 e. The van der Waals surface area contributed by atoms with Crippen LogP contribution in [0, 0.1) is 0 Å². The second-order valence-corrected chi connectivity index (χ2v) is 9.81. The summed E-state index contributed by atoms with van der Waals surface area (Å²) in [5.41, 5.74) is 1.06. The number of carbonyl (C=O) groups excluding carboxylic acids is 2. The molecule has 186 valence electrons. The minimum Gasteiger partial charge on any atom is -0.483 e. The summed E-state index contributed by atoms with van der Waals surface area (Å²) < 4.78 is 7.80. The van der Waals surface area contributed by atoms with Crippen LogP contribution in [0.15, 0.2) is 48.7 Å². The Morgan fingerprint density at radius 3 is 2.86 bits per heavy atom. The maximum absolute atomic E-state index is 13.1. The van der Waals surface area contributed by atoms with Crippen molar-refractivity contribution in [2.24, 2.45) is 0 Å². The van der Waals surface area contributed by atoms with E-state index < -0.39 is 0 Å². The molecule has 2 amide bonds. The van der Waals surface area contributed by atoms with Gasteiger partial charge in [0.05, 0.1) is 18.8 Å². The zero-order valence-electron chi connectivity index (χ0n) is 20.2. The molecule has 2 N–H and O–H groups in total. The Hall–Kier alpha value is -3.13. The number of benzene rings is 1. The highest BCUT2D eigenvalue weighted by molar-refractivity contribution is 5.91. The number of allylic oxidation sites excluding steroid dienone is 1. The molecule has 1 aliphatic carbocycles. The number of nitrogens with one attached hydrogen (secondary N) is 2. The Morgan fingerprint density at radius 1 is 1.11 bits per heavy atom. The fraction of sp³-hybridized carbons (Fsp3) is 0.519. The van der Waals surface area contributed by atoms with Crippen LogP contribution in [0.1, 0.15) is 56.6 Å². The molecule has 8 nitrogen and oxygen atoms in total. The van der Waals surface area contributed by atoms with Crippen molar-refractivity contribution in [3.63, 3.8) is 0 Å². The van der Waals surface area contributed by atoms with Gasteiger partial charge in [0.1, 0.15) is 11.6 Å². The zero-order valence-corrected chi connectivity index (χ0v) is 20.2. The van der Waals surface area contributed by atoms with Crippen LogP contribution in [0.25, 0.3) is 0 Å². The molecule has 0 spiro atoms. The van der Waals surface area contributed by atoms with E-state index in [0.29, 0.717) is 12.6 Å². The van der Waals surface area contributed by atoms with Crippen LogP contribution < -0.4 is 15.4 Å². The maximum atomic E-state index is 13.1. The Morgan fingerprint density at radius 2 is 1.97 bits per heavy atom. The van der Waals surface area contributed by atoms with Crippen molar-refractivity contribution in [2.45, 2.75) is 69.5 Å². The van der Waals surface area contributed by atoms with E-state index in [1.54, 1.807) is 6.20 Å². The summed E-state index contributed by atoms with van der Waals surface area (Å²) in [6.45, 7) is 1.12. The van der Waals surface area contributed by atoms with Crippen LogP contribution in [0.2, 0.25) is 0 Å². The monoisotopic (exact) mass is 477 g/mol. The average molecular weight is 478 g/mol. The number of likely N-dealkylation sites (tertiary alicyclic amines) is 1. The molecule has 2 fully saturated rings. The van der Waals surface area contributed by atoms with Gasteiger partial charge >= 0.3 is 0 Å². The van der Waals surface area contributed by atoms with Crippen LogP contribution in [-0.4, -0.2) is 58.3 Å². The first-order valence-corrected chi connectivity index (χ1v) is 12.9. The quantitative estimate of drug-likeness (QED) is 0.659. The number of hydrogen-bond donors (Lipinski definition) is 2. The van der Waals surface area contributed by atoms with Crippen molar-refractivity contribution in [3.05, 3.63) is 54.2 Å². The lowest BCUT2D eigenvalue weighted by Crippen LogP contribution is -2.57. The van der Waals surface area contributed by atoms with E-state index in [1.807, 2.05) is 35.0 Å². The Labute approximate surface area is 206 Å². The second kappa shape index (κ2) is 11.1. The van der Waals surface area contributed by atoms with Gasteiger partial charge in [-0.15, -0.1) is 0 Å². The molecule has 8 heteroatoms. The number of nitrogens with zero attached hydrogens (tertiary/aromatic N) is 3. The Balaban J connectivity index is 1.27. The van der Waals surface area contributed by atoms with Gasteiger partial charge in [-0.05, 0) is 56.7 Å². The predicted molar refractivity (Wildman–Crippen MR) is 134 cm³/mol. The summed E-state index contributed by atoms with van der Waals surface area (Å²) in [5.74, 6) is 1.37. The van der Waals surface area contributed by atoms with Crippen LogP contribution in [-0.2, 0) is 16.0 Å². The molecule has 2 atom stereocenters. The largest absolute Gasteiger partial charge is 0.483 e. The Kier molecular flexibility index (Phi) is 7.47. The lowest BCUT2D eigenvalue weighted by molar-refractivity contribution is -0.124. The molecule has 5 rings (SSSR count). The molecule has 1 aromatic carbocycles. The number of anilines is 1. The first-order valence-electron chi connectivity index (χ1n) is 12.9. The normalized spacial score (nSPS) is 24.7. The number of ether oxygens (including phenoxy) is 1. The van der Waals surface area contributed by atoms with Gasteiger partial charge in [-0.3, -0.25) is 14.5 Å². The topological polar surface area (TPSA) is 88.5 Å². The highest BCUT2D eigenvalue weighted by Gasteiger charge is 2.33. The lowest BCUT2D eigenvalue weighted by Gasteiger charge is -2.41. The van der Waals surface area contributed by atoms with E-state index in [1.165, 1.54) is 12.8 Å². The van der Waals surface area contributed by atoms with E-state index in [9.17, 15) is 9.59 Å². The fourth-order valence-electron chi connectivity index (χ4n) is 5.68. The number of carbonyl (C=O) groups is 2. The van der Waals surface area contributed by atoms with Crippen molar-refractivity contribution >= 4 is 17.6 Å². The molecular formula is C27H35N5O3. The van der Waals surface area contributed by atoms with E-state index >= 15 is 0 Å². The molecule has 2 aliphatic heterocycles. The van der Waals surface area contributed by atoms with Gasteiger partial charge in [-0.2, -0.15) is 5.10 Å². The van der Waals surface area contributed by atoms with Crippen LogP contribution in [0.4, 0.5) is 5.82 Å².